The largest absolute Gasteiger partial charge is 0.377 e. The first-order valence-electron chi connectivity index (χ1n) is 4.58. The second kappa shape index (κ2) is 3.91. The van der Waals surface area contributed by atoms with Gasteiger partial charge in [0.15, 0.2) is 0 Å². The molecule has 0 fully saturated rings. The van der Waals surface area contributed by atoms with E-state index in [1.54, 1.807) is 0 Å². The van der Waals surface area contributed by atoms with Crippen LogP contribution in [0.1, 0.15) is 19.4 Å². The van der Waals surface area contributed by atoms with Crippen LogP contribution in [-0.4, -0.2) is 14.1 Å². The van der Waals surface area contributed by atoms with Crippen molar-refractivity contribution in [2.24, 2.45) is 5.73 Å². The number of anilines is 1. The molecule has 3 heteroatoms. The minimum absolute atomic E-state index is 0.284. The summed E-state index contributed by atoms with van der Waals surface area (Å²) in [5, 5.41) is 0. The van der Waals surface area contributed by atoms with Crippen molar-refractivity contribution in [1.82, 2.24) is 0 Å². The number of rotatable bonds is 2. The van der Waals surface area contributed by atoms with E-state index in [0.29, 0.717) is 0 Å². The van der Waals surface area contributed by atoms with Crippen molar-refractivity contribution in [3.8, 4) is 0 Å². The normalized spacial score (nSPS) is 11.6. The van der Waals surface area contributed by atoms with Gasteiger partial charge in [-0.05, 0) is 47.5 Å². The summed E-state index contributed by atoms with van der Waals surface area (Å²) in [6.07, 6.45) is 0. The highest BCUT2D eigenvalue weighted by atomic mass is 79.9. The highest BCUT2D eigenvalue weighted by molar-refractivity contribution is 9.10. The van der Waals surface area contributed by atoms with Crippen LogP contribution in [0.25, 0.3) is 0 Å². The van der Waals surface area contributed by atoms with Crippen molar-refractivity contribution in [3.63, 3.8) is 0 Å². The molecule has 0 aromatic heterocycles. The van der Waals surface area contributed by atoms with E-state index in [1.165, 1.54) is 0 Å². The Morgan fingerprint density at radius 1 is 1.29 bits per heavy atom. The van der Waals surface area contributed by atoms with Crippen molar-refractivity contribution in [3.05, 3.63) is 28.2 Å². The molecule has 0 spiro atoms. The van der Waals surface area contributed by atoms with Crippen molar-refractivity contribution in [2.45, 2.75) is 19.4 Å². The summed E-state index contributed by atoms with van der Waals surface area (Å²) in [5.74, 6) is 0. The first kappa shape index (κ1) is 11.5. The first-order chi connectivity index (χ1) is 6.32. The summed E-state index contributed by atoms with van der Waals surface area (Å²) < 4.78 is 1.08. The molecule has 78 valence electrons. The van der Waals surface area contributed by atoms with Gasteiger partial charge in [0.25, 0.3) is 0 Å². The number of nitrogens with two attached hydrogens (primary N) is 1. The number of benzene rings is 1. The summed E-state index contributed by atoms with van der Waals surface area (Å²) in [6.45, 7) is 4.01. The van der Waals surface area contributed by atoms with Crippen LogP contribution in [0.4, 0.5) is 5.69 Å². The molecule has 0 bridgehead atoms. The van der Waals surface area contributed by atoms with Gasteiger partial charge in [0.05, 0.1) is 5.69 Å². The highest BCUT2D eigenvalue weighted by Crippen LogP contribution is 2.29. The van der Waals surface area contributed by atoms with Crippen LogP contribution in [-0.2, 0) is 5.54 Å². The van der Waals surface area contributed by atoms with E-state index < -0.39 is 0 Å². The maximum atomic E-state index is 6.02. The minimum atomic E-state index is -0.284. The molecule has 1 rings (SSSR count). The Balaban J connectivity index is 3.13. The van der Waals surface area contributed by atoms with Crippen molar-refractivity contribution in [2.75, 3.05) is 19.0 Å². The topological polar surface area (TPSA) is 29.3 Å². The molecule has 0 radical (unpaired) electrons. The zero-order valence-electron chi connectivity index (χ0n) is 9.13. The van der Waals surface area contributed by atoms with Crippen LogP contribution in [0, 0.1) is 0 Å². The van der Waals surface area contributed by atoms with Crippen LogP contribution in [0.15, 0.2) is 22.7 Å². The molecule has 2 N–H and O–H groups in total. The monoisotopic (exact) mass is 256 g/mol. The van der Waals surface area contributed by atoms with Crippen LogP contribution < -0.4 is 10.6 Å². The number of nitrogens with zero attached hydrogens (tertiary/aromatic N) is 1. The quantitative estimate of drug-likeness (QED) is 0.882. The molecule has 0 unspecified atom stereocenters. The third-order valence-electron chi connectivity index (χ3n) is 2.17. The Morgan fingerprint density at radius 2 is 1.86 bits per heavy atom. The van der Waals surface area contributed by atoms with Gasteiger partial charge in [-0.2, -0.15) is 0 Å². The molecule has 0 aliphatic heterocycles. The second-order valence-electron chi connectivity index (χ2n) is 4.28. The van der Waals surface area contributed by atoms with Crippen LogP contribution >= 0.6 is 15.9 Å². The van der Waals surface area contributed by atoms with Gasteiger partial charge in [0, 0.05) is 24.1 Å². The SMILES string of the molecule is CN(C)c1ccc(C(C)(C)N)cc1Br. The lowest BCUT2D eigenvalue weighted by atomic mass is 9.95. The molecule has 2 nitrogen and oxygen atoms in total. The molecule has 0 aliphatic carbocycles. The van der Waals surface area contributed by atoms with E-state index in [2.05, 4.69) is 39.0 Å². The van der Waals surface area contributed by atoms with Crippen molar-refractivity contribution < 1.29 is 0 Å². The fourth-order valence-corrected chi connectivity index (χ4v) is 2.00. The van der Waals surface area contributed by atoms with Gasteiger partial charge in [-0.1, -0.05) is 6.07 Å². The molecule has 1 aromatic rings. The molecule has 0 atom stereocenters. The summed E-state index contributed by atoms with van der Waals surface area (Å²) >= 11 is 3.54. The summed E-state index contributed by atoms with van der Waals surface area (Å²) in [5.41, 5.74) is 8.03. The van der Waals surface area contributed by atoms with E-state index >= 15 is 0 Å². The number of hydrogen-bond donors (Lipinski definition) is 1. The Bertz CT molecular complexity index is 327. The predicted octanol–water partition coefficient (Wildman–Crippen LogP) is 2.71. The average molecular weight is 257 g/mol. The van der Waals surface area contributed by atoms with E-state index in [4.69, 9.17) is 5.73 Å². The minimum Gasteiger partial charge on any atom is -0.377 e. The zero-order chi connectivity index (χ0) is 10.9. The Morgan fingerprint density at radius 3 is 2.21 bits per heavy atom. The molecule has 0 aliphatic rings. The summed E-state index contributed by atoms with van der Waals surface area (Å²) in [7, 11) is 4.04. The Labute approximate surface area is 94.2 Å². The Hall–Kier alpha value is -0.540. The lowest BCUT2D eigenvalue weighted by Gasteiger charge is -2.22. The maximum Gasteiger partial charge on any atom is 0.0505 e. The lowest BCUT2D eigenvalue weighted by molar-refractivity contribution is 0.554. The van der Waals surface area contributed by atoms with Gasteiger partial charge in [0.2, 0.25) is 0 Å². The Kier molecular flexibility index (Phi) is 3.22. The van der Waals surface area contributed by atoms with E-state index in [0.717, 1.165) is 15.7 Å². The van der Waals surface area contributed by atoms with E-state index in [9.17, 15) is 0 Å². The predicted molar refractivity (Wildman–Crippen MR) is 65.7 cm³/mol. The third kappa shape index (κ3) is 2.49. The first-order valence-corrected chi connectivity index (χ1v) is 5.38. The molecule has 0 saturated heterocycles. The van der Waals surface area contributed by atoms with E-state index in [-0.39, 0.29) is 5.54 Å². The van der Waals surface area contributed by atoms with Crippen LogP contribution in [0.2, 0.25) is 0 Å². The summed E-state index contributed by atoms with van der Waals surface area (Å²) in [6, 6.07) is 6.23. The van der Waals surface area contributed by atoms with Crippen LogP contribution in [0.5, 0.6) is 0 Å². The maximum absolute atomic E-state index is 6.02. The average Bonchev–Trinajstić information content (AvgIpc) is 2.01. The van der Waals surface area contributed by atoms with E-state index in [1.807, 2.05) is 27.9 Å². The smallest absolute Gasteiger partial charge is 0.0505 e. The molecule has 0 amide bonds. The molecule has 1 aromatic carbocycles. The second-order valence-corrected chi connectivity index (χ2v) is 5.14. The van der Waals surface area contributed by atoms with Crippen LogP contribution in [0.3, 0.4) is 0 Å². The van der Waals surface area contributed by atoms with Gasteiger partial charge < -0.3 is 10.6 Å². The standard InChI is InChI=1S/C11H17BrN2/c1-11(2,13)8-5-6-10(14(3)4)9(12)7-8/h5-7H,13H2,1-4H3. The van der Waals surface area contributed by atoms with Gasteiger partial charge in [-0.3, -0.25) is 0 Å². The highest BCUT2D eigenvalue weighted by Gasteiger charge is 2.15. The van der Waals surface area contributed by atoms with Gasteiger partial charge in [-0.15, -0.1) is 0 Å². The van der Waals surface area contributed by atoms with Crippen molar-refractivity contribution in [1.29, 1.82) is 0 Å². The molecular formula is C11H17BrN2. The van der Waals surface area contributed by atoms with Gasteiger partial charge in [0.1, 0.15) is 0 Å². The van der Waals surface area contributed by atoms with Crippen molar-refractivity contribution >= 4 is 21.6 Å². The fraction of sp³-hybridized carbons (Fsp3) is 0.455. The zero-order valence-corrected chi connectivity index (χ0v) is 10.7. The summed E-state index contributed by atoms with van der Waals surface area (Å²) in [4.78, 5) is 2.07. The third-order valence-corrected chi connectivity index (χ3v) is 2.81. The molecule has 14 heavy (non-hydrogen) atoms. The van der Waals surface area contributed by atoms with Gasteiger partial charge >= 0.3 is 0 Å². The molecule has 0 saturated carbocycles. The fourth-order valence-electron chi connectivity index (χ4n) is 1.27. The number of halogens is 1. The van der Waals surface area contributed by atoms with Gasteiger partial charge in [-0.25, -0.2) is 0 Å². The molecular weight excluding hydrogens is 240 g/mol. The lowest BCUT2D eigenvalue weighted by Crippen LogP contribution is -2.28. The molecule has 0 heterocycles. The number of hydrogen-bond acceptors (Lipinski definition) is 2.